The number of hydrogen-bond donors (Lipinski definition) is 1. The third-order valence-electron chi connectivity index (χ3n) is 2.92. The summed E-state index contributed by atoms with van der Waals surface area (Å²) >= 11 is 1.65. The third kappa shape index (κ3) is 3.40. The Labute approximate surface area is 100 Å². The third-order valence-corrected chi connectivity index (χ3v) is 3.75. The first kappa shape index (κ1) is 13.4. The van der Waals surface area contributed by atoms with Gasteiger partial charge in [-0.1, -0.05) is 6.92 Å². The van der Waals surface area contributed by atoms with E-state index in [4.69, 9.17) is 5.11 Å². The predicted molar refractivity (Wildman–Crippen MR) is 64.5 cm³/mol. The molecule has 0 aromatic carbocycles. The van der Waals surface area contributed by atoms with Crippen LogP contribution in [0, 0.1) is 11.8 Å². The first-order chi connectivity index (χ1) is 7.56. The normalized spacial score (nSPS) is 22.9. The van der Waals surface area contributed by atoms with E-state index < -0.39 is 5.97 Å². The fourth-order valence-electron chi connectivity index (χ4n) is 2.01. The molecule has 4 nitrogen and oxygen atoms in total. The van der Waals surface area contributed by atoms with Gasteiger partial charge in [-0.25, -0.2) is 0 Å². The van der Waals surface area contributed by atoms with Gasteiger partial charge in [0.2, 0.25) is 5.91 Å². The second-order valence-electron chi connectivity index (χ2n) is 4.32. The molecule has 1 aliphatic rings. The molecule has 2 atom stereocenters. The number of piperidine rings is 1. The largest absolute Gasteiger partial charge is 0.481 e. The summed E-state index contributed by atoms with van der Waals surface area (Å²) in [5, 5.41) is 8.94. The molecule has 1 heterocycles. The zero-order chi connectivity index (χ0) is 12.1. The number of carboxylic acids is 1. The maximum absolute atomic E-state index is 12.0. The number of hydrogen-bond acceptors (Lipinski definition) is 3. The predicted octanol–water partition coefficient (Wildman–Crippen LogP) is 1.31. The average Bonchev–Trinajstić information content (AvgIpc) is 2.28. The van der Waals surface area contributed by atoms with Gasteiger partial charge >= 0.3 is 5.97 Å². The Morgan fingerprint density at radius 1 is 1.56 bits per heavy atom. The van der Waals surface area contributed by atoms with Gasteiger partial charge in [-0.15, -0.1) is 0 Å². The fraction of sp³-hybridized carbons (Fsp3) is 0.818. The van der Waals surface area contributed by atoms with Crippen LogP contribution in [0.5, 0.6) is 0 Å². The molecule has 0 spiro atoms. The lowest BCUT2D eigenvalue weighted by Crippen LogP contribution is -2.44. The van der Waals surface area contributed by atoms with E-state index >= 15 is 0 Å². The van der Waals surface area contributed by atoms with Crippen molar-refractivity contribution in [1.29, 1.82) is 0 Å². The van der Waals surface area contributed by atoms with Crippen molar-refractivity contribution >= 4 is 23.6 Å². The van der Waals surface area contributed by atoms with Crippen LogP contribution in [0.25, 0.3) is 0 Å². The van der Waals surface area contributed by atoms with Crippen LogP contribution in [0.1, 0.15) is 19.8 Å². The molecule has 0 radical (unpaired) electrons. The first-order valence-corrected chi connectivity index (χ1v) is 6.96. The summed E-state index contributed by atoms with van der Waals surface area (Å²) in [4.78, 5) is 24.6. The minimum atomic E-state index is -0.782. The molecule has 1 fully saturated rings. The molecule has 0 bridgehead atoms. The van der Waals surface area contributed by atoms with Crippen molar-refractivity contribution in [1.82, 2.24) is 4.90 Å². The number of rotatable bonds is 4. The topological polar surface area (TPSA) is 57.6 Å². The molecule has 0 aromatic heterocycles. The van der Waals surface area contributed by atoms with Crippen LogP contribution in [0.15, 0.2) is 0 Å². The van der Waals surface area contributed by atoms with Crippen LogP contribution in [0.2, 0.25) is 0 Å². The summed E-state index contributed by atoms with van der Waals surface area (Å²) in [5.74, 6) is -0.273. The van der Waals surface area contributed by atoms with E-state index in [0.29, 0.717) is 19.5 Å². The van der Waals surface area contributed by atoms with Crippen molar-refractivity contribution < 1.29 is 14.7 Å². The minimum Gasteiger partial charge on any atom is -0.481 e. The summed E-state index contributed by atoms with van der Waals surface area (Å²) in [6.45, 7) is 3.00. The van der Waals surface area contributed by atoms with Gasteiger partial charge in [0.1, 0.15) is 0 Å². The van der Waals surface area contributed by atoms with Gasteiger partial charge in [0.25, 0.3) is 0 Å². The quantitative estimate of drug-likeness (QED) is 0.811. The minimum absolute atomic E-state index is 0.0115. The molecule has 1 N–H and O–H groups in total. The maximum atomic E-state index is 12.0. The van der Waals surface area contributed by atoms with Gasteiger partial charge in [0.15, 0.2) is 0 Å². The lowest BCUT2D eigenvalue weighted by atomic mass is 9.97. The Hall–Kier alpha value is -0.710. The van der Waals surface area contributed by atoms with Gasteiger partial charge in [-0.05, 0) is 19.1 Å². The SMILES string of the molecule is CSCC(C)C(=O)N1CCCC(C(=O)O)C1. The average molecular weight is 245 g/mol. The van der Waals surface area contributed by atoms with Crippen LogP contribution in [0.3, 0.4) is 0 Å². The van der Waals surface area contributed by atoms with Gasteiger partial charge < -0.3 is 10.0 Å². The molecule has 0 saturated carbocycles. The number of likely N-dealkylation sites (tertiary alicyclic amines) is 1. The van der Waals surface area contributed by atoms with Crippen molar-refractivity contribution in [2.24, 2.45) is 11.8 Å². The Bertz CT molecular complexity index is 270. The standard InChI is InChI=1S/C11H19NO3S/c1-8(7-16-2)10(13)12-5-3-4-9(6-12)11(14)15/h8-9H,3-7H2,1-2H3,(H,14,15). The highest BCUT2D eigenvalue weighted by atomic mass is 32.2. The van der Waals surface area contributed by atoms with Crippen LogP contribution in [-0.4, -0.2) is 47.0 Å². The number of carbonyl (C=O) groups is 2. The summed E-state index contributed by atoms with van der Waals surface area (Å²) < 4.78 is 0. The number of carbonyl (C=O) groups excluding carboxylic acids is 1. The van der Waals surface area contributed by atoms with Crippen LogP contribution in [-0.2, 0) is 9.59 Å². The molecule has 5 heteroatoms. The highest BCUT2D eigenvalue weighted by Gasteiger charge is 2.29. The molecule has 1 saturated heterocycles. The maximum Gasteiger partial charge on any atom is 0.308 e. The molecule has 2 unspecified atom stereocenters. The molecule has 1 amide bonds. The van der Waals surface area contributed by atoms with E-state index in [1.54, 1.807) is 16.7 Å². The molecule has 92 valence electrons. The lowest BCUT2D eigenvalue weighted by molar-refractivity contribution is -0.146. The van der Waals surface area contributed by atoms with E-state index in [9.17, 15) is 9.59 Å². The van der Waals surface area contributed by atoms with Crippen molar-refractivity contribution in [3.8, 4) is 0 Å². The molecule has 16 heavy (non-hydrogen) atoms. The summed E-state index contributed by atoms with van der Waals surface area (Å²) in [6.07, 6.45) is 3.46. The zero-order valence-electron chi connectivity index (χ0n) is 9.81. The highest BCUT2D eigenvalue weighted by Crippen LogP contribution is 2.19. The van der Waals surface area contributed by atoms with E-state index in [1.165, 1.54) is 0 Å². The Morgan fingerprint density at radius 3 is 2.81 bits per heavy atom. The van der Waals surface area contributed by atoms with E-state index in [0.717, 1.165) is 12.2 Å². The second-order valence-corrected chi connectivity index (χ2v) is 5.23. The Balaban J connectivity index is 2.53. The van der Waals surface area contributed by atoms with Crippen molar-refractivity contribution in [2.75, 3.05) is 25.1 Å². The molecule has 1 aliphatic heterocycles. The lowest BCUT2D eigenvalue weighted by Gasteiger charge is -2.32. The number of amides is 1. The Morgan fingerprint density at radius 2 is 2.25 bits per heavy atom. The number of aliphatic carboxylic acids is 1. The highest BCUT2D eigenvalue weighted by molar-refractivity contribution is 7.98. The first-order valence-electron chi connectivity index (χ1n) is 5.56. The van der Waals surface area contributed by atoms with E-state index in [-0.39, 0.29) is 17.7 Å². The number of thioether (sulfide) groups is 1. The molecule has 0 aromatic rings. The van der Waals surface area contributed by atoms with Crippen LogP contribution in [0.4, 0.5) is 0 Å². The van der Waals surface area contributed by atoms with Gasteiger partial charge in [-0.3, -0.25) is 9.59 Å². The molecule has 0 aliphatic carbocycles. The van der Waals surface area contributed by atoms with Gasteiger partial charge in [0, 0.05) is 24.8 Å². The van der Waals surface area contributed by atoms with Crippen molar-refractivity contribution in [3.63, 3.8) is 0 Å². The summed E-state index contributed by atoms with van der Waals surface area (Å²) in [6, 6.07) is 0. The van der Waals surface area contributed by atoms with Gasteiger partial charge in [0.05, 0.1) is 5.92 Å². The second kappa shape index (κ2) is 6.13. The molecular formula is C11H19NO3S. The zero-order valence-corrected chi connectivity index (χ0v) is 10.6. The number of nitrogens with zero attached hydrogens (tertiary/aromatic N) is 1. The van der Waals surface area contributed by atoms with Crippen LogP contribution < -0.4 is 0 Å². The van der Waals surface area contributed by atoms with Gasteiger partial charge in [-0.2, -0.15) is 11.8 Å². The monoisotopic (exact) mass is 245 g/mol. The summed E-state index contributed by atoms with van der Waals surface area (Å²) in [5.41, 5.74) is 0. The summed E-state index contributed by atoms with van der Waals surface area (Å²) in [7, 11) is 0. The van der Waals surface area contributed by atoms with E-state index in [1.807, 2.05) is 13.2 Å². The van der Waals surface area contributed by atoms with Crippen molar-refractivity contribution in [3.05, 3.63) is 0 Å². The number of carboxylic acid groups (broad SMARTS) is 1. The fourth-order valence-corrected chi connectivity index (χ4v) is 2.65. The van der Waals surface area contributed by atoms with E-state index in [2.05, 4.69) is 0 Å². The molecule has 1 rings (SSSR count). The Kier molecular flexibility index (Phi) is 5.12. The smallest absolute Gasteiger partial charge is 0.308 e. The van der Waals surface area contributed by atoms with Crippen molar-refractivity contribution in [2.45, 2.75) is 19.8 Å². The molecular weight excluding hydrogens is 226 g/mol. The van der Waals surface area contributed by atoms with Crippen LogP contribution >= 0.6 is 11.8 Å².